The summed E-state index contributed by atoms with van der Waals surface area (Å²) in [5.41, 5.74) is 0. The van der Waals surface area contributed by atoms with Gasteiger partial charge in [0.05, 0.1) is 6.54 Å². The van der Waals surface area contributed by atoms with Crippen LogP contribution in [0, 0.1) is 0 Å². The van der Waals surface area contributed by atoms with Crippen LogP contribution >= 0.6 is 11.8 Å². The van der Waals surface area contributed by atoms with Gasteiger partial charge >= 0.3 is 0 Å². The molecule has 4 heteroatoms. The summed E-state index contributed by atoms with van der Waals surface area (Å²) < 4.78 is 0. The number of nitrogens with zero attached hydrogens (tertiary/aromatic N) is 2. The molecule has 2 rings (SSSR count). The van der Waals surface area contributed by atoms with Crippen LogP contribution in [0.5, 0.6) is 0 Å². The first-order valence-corrected chi connectivity index (χ1v) is 6.77. The summed E-state index contributed by atoms with van der Waals surface area (Å²) in [5, 5.41) is 3.45. The summed E-state index contributed by atoms with van der Waals surface area (Å²) in [7, 11) is 0. The van der Waals surface area contributed by atoms with Crippen LogP contribution in [0.25, 0.3) is 0 Å². The maximum Gasteiger partial charge on any atom is 0.194 e. The standard InChI is InChI=1S/C10H19N3S/c1-8-6-11-10(12-8)13-5-3-4-9(13)7-14-2/h8-9H,3-7H2,1-2H3,(H,11,12). The summed E-state index contributed by atoms with van der Waals surface area (Å²) in [4.78, 5) is 7.01. The zero-order chi connectivity index (χ0) is 9.97. The quantitative estimate of drug-likeness (QED) is 0.746. The third-order valence-electron chi connectivity index (χ3n) is 2.90. The Morgan fingerprint density at radius 1 is 1.64 bits per heavy atom. The number of hydrogen-bond acceptors (Lipinski definition) is 4. The largest absolute Gasteiger partial charge is 0.352 e. The molecule has 2 aliphatic heterocycles. The van der Waals surface area contributed by atoms with Crippen LogP contribution in [0.1, 0.15) is 19.8 Å². The van der Waals surface area contributed by atoms with E-state index in [4.69, 9.17) is 0 Å². The molecule has 2 heterocycles. The first-order chi connectivity index (χ1) is 6.81. The summed E-state index contributed by atoms with van der Waals surface area (Å²) in [6.07, 6.45) is 4.83. The molecule has 2 unspecified atom stereocenters. The molecule has 1 saturated heterocycles. The van der Waals surface area contributed by atoms with E-state index in [1.165, 1.54) is 25.1 Å². The van der Waals surface area contributed by atoms with Crippen molar-refractivity contribution < 1.29 is 0 Å². The van der Waals surface area contributed by atoms with Crippen molar-refractivity contribution in [3.63, 3.8) is 0 Å². The van der Waals surface area contributed by atoms with Crippen molar-refractivity contribution in [2.45, 2.75) is 31.8 Å². The lowest BCUT2D eigenvalue weighted by molar-refractivity contribution is 0.407. The first kappa shape index (κ1) is 10.1. The fourth-order valence-electron chi connectivity index (χ4n) is 2.19. The fourth-order valence-corrected chi connectivity index (χ4v) is 2.92. The highest BCUT2D eigenvalue weighted by Crippen LogP contribution is 2.21. The minimum atomic E-state index is 0.528. The number of aliphatic imine (C=N–C) groups is 1. The van der Waals surface area contributed by atoms with Crippen molar-refractivity contribution in [3.8, 4) is 0 Å². The van der Waals surface area contributed by atoms with Gasteiger partial charge < -0.3 is 10.2 Å². The zero-order valence-electron chi connectivity index (χ0n) is 8.99. The molecule has 0 aromatic rings. The number of nitrogens with one attached hydrogen (secondary N) is 1. The molecule has 2 aliphatic rings. The van der Waals surface area contributed by atoms with Gasteiger partial charge in [-0.25, -0.2) is 0 Å². The predicted molar refractivity (Wildman–Crippen MR) is 63.0 cm³/mol. The number of guanidine groups is 1. The molecule has 1 N–H and O–H groups in total. The highest BCUT2D eigenvalue weighted by molar-refractivity contribution is 7.98. The van der Waals surface area contributed by atoms with Gasteiger partial charge in [-0.1, -0.05) is 0 Å². The number of rotatable bonds is 2. The number of thioether (sulfide) groups is 1. The molecular weight excluding hydrogens is 194 g/mol. The Morgan fingerprint density at radius 3 is 3.14 bits per heavy atom. The molecule has 3 nitrogen and oxygen atoms in total. The van der Waals surface area contributed by atoms with Crippen molar-refractivity contribution in [2.24, 2.45) is 4.99 Å². The Balaban J connectivity index is 1.96. The topological polar surface area (TPSA) is 27.6 Å². The van der Waals surface area contributed by atoms with Crippen molar-refractivity contribution in [3.05, 3.63) is 0 Å². The molecule has 0 amide bonds. The van der Waals surface area contributed by atoms with Gasteiger partial charge in [0.2, 0.25) is 0 Å². The Bertz CT molecular complexity index is 229. The smallest absolute Gasteiger partial charge is 0.194 e. The van der Waals surface area contributed by atoms with Gasteiger partial charge in [-0.2, -0.15) is 11.8 Å². The first-order valence-electron chi connectivity index (χ1n) is 5.38. The van der Waals surface area contributed by atoms with Crippen LogP contribution in [0.3, 0.4) is 0 Å². The van der Waals surface area contributed by atoms with Crippen LogP contribution in [0.2, 0.25) is 0 Å². The Labute approximate surface area is 90.3 Å². The van der Waals surface area contributed by atoms with Crippen molar-refractivity contribution in [1.82, 2.24) is 10.2 Å². The van der Waals surface area contributed by atoms with Gasteiger partial charge in [-0.15, -0.1) is 0 Å². The summed E-state index contributed by atoms with van der Waals surface area (Å²) in [6.45, 7) is 4.32. The predicted octanol–water partition coefficient (Wildman–Crippen LogP) is 1.16. The minimum Gasteiger partial charge on any atom is -0.352 e. The van der Waals surface area contributed by atoms with Gasteiger partial charge in [-0.05, 0) is 26.0 Å². The lowest BCUT2D eigenvalue weighted by atomic mass is 10.2. The second-order valence-corrected chi connectivity index (χ2v) is 5.07. The molecule has 0 aromatic carbocycles. The lowest BCUT2D eigenvalue weighted by Gasteiger charge is -2.26. The fraction of sp³-hybridized carbons (Fsp3) is 0.900. The van der Waals surface area contributed by atoms with Crippen LogP contribution in [-0.2, 0) is 0 Å². The average molecular weight is 213 g/mol. The van der Waals surface area contributed by atoms with E-state index >= 15 is 0 Å². The summed E-state index contributed by atoms with van der Waals surface area (Å²) >= 11 is 1.94. The van der Waals surface area contributed by atoms with Crippen LogP contribution in [0.15, 0.2) is 4.99 Å². The second kappa shape index (κ2) is 4.43. The lowest BCUT2D eigenvalue weighted by Crippen LogP contribution is -2.44. The summed E-state index contributed by atoms with van der Waals surface area (Å²) in [6, 6.07) is 1.24. The molecule has 0 saturated carbocycles. The number of likely N-dealkylation sites (tertiary alicyclic amines) is 1. The monoisotopic (exact) mass is 213 g/mol. The van der Waals surface area contributed by atoms with E-state index in [1.807, 2.05) is 11.8 Å². The SMILES string of the molecule is CSCC1CCCN1C1=NCC(C)N1. The highest BCUT2D eigenvalue weighted by Gasteiger charge is 2.29. The molecular formula is C10H19N3S. The van der Waals surface area contributed by atoms with Crippen molar-refractivity contribution in [1.29, 1.82) is 0 Å². The van der Waals surface area contributed by atoms with E-state index in [0.29, 0.717) is 12.1 Å². The van der Waals surface area contributed by atoms with Crippen molar-refractivity contribution in [2.75, 3.05) is 25.1 Å². The maximum absolute atomic E-state index is 4.55. The third kappa shape index (κ3) is 2.00. The Morgan fingerprint density at radius 2 is 2.50 bits per heavy atom. The van der Waals surface area contributed by atoms with E-state index in [-0.39, 0.29) is 0 Å². The van der Waals surface area contributed by atoms with E-state index in [9.17, 15) is 0 Å². The zero-order valence-corrected chi connectivity index (χ0v) is 9.81. The Hall–Kier alpha value is -0.380. The van der Waals surface area contributed by atoms with E-state index in [2.05, 4.69) is 28.4 Å². The molecule has 0 aliphatic carbocycles. The van der Waals surface area contributed by atoms with E-state index in [1.54, 1.807) is 0 Å². The van der Waals surface area contributed by atoms with E-state index in [0.717, 1.165) is 12.5 Å². The molecule has 80 valence electrons. The minimum absolute atomic E-state index is 0.528. The van der Waals surface area contributed by atoms with Gasteiger partial charge in [0.15, 0.2) is 5.96 Å². The Kier molecular flexibility index (Phi) is 3.21. The average Bonchev–Trinajstić information content (AvgIpc) is 2.74. The summed E-state index contributed by atoms with van der Waals surface area (Å²) in [5.74, 6) is 2.38. The van der Waals surface area contributed by atoms with Crippen molar-refractivity contribution >= 4 is 17.7 Å². The maximum atomic E-state index is 4.55. The normalized spacial score (nSPS) is 31.9. The highest BCUT2D eigenvalue weighted by atomic mass is 32.2. The molecule has 0 radical (unpaired) electrons. The molecule has 2 atom stereocenters. The van der Waals surface area contributed by atoms with Gasteiger partial charge in [0.25, 0.3) is 0 Å². The molecule has 0 bridgehead atoms. The molecule has 0 spiro atoms. The van der Waals surface area contributed by atoms with Gasteiger partial charge in [-0.3, -0.25) is 4.99 Å². The van der Waals surface area contributed by atoms with Gasteiger partial charge in [0, 0.05) is 24.4 Å². The molecule has 1 fully saturated rings. The molecule has 14 heavy (non-hydrogen) atoms. The van der Waals surface area contributed by atoms with Crippen LogP contribution in [0.4, 0.5) is 0 Å². The number of hydrogen-bond donors (Lipinski definition) is 1. The van der Waals surface area contributed by atoms with Gasteiger partial charge in [0.1, 0.15) is 0 Å². The van der Waals surface area contributed by atoms with Crippen LogP contribution in [-0.4, -0.2) is 48.0 Å². The second-order valence-electron chi connectivity index (χ2n) is 4.15. The third-order valence-corrected chi connectivity index (χ3v) is 3.62. The van der Waals surface area contributed by atoms with E-state index < -0.39 is 0 Å². The molecule has 0 aromatic heterocycles. The van der Waals surface area contributed by atoms with Crippen LogP contribution < -0.4 is 5.32 Å².